The predicted molar refractivity (Wildman–Crippen MR) is 133 cm³/mol. The zero-order valence-corrected chi connectivity index (χ0v) is 17.8. The molecule has 0 unspecified atom stereocenters. The van der Waals surface area contributed by atoms with Crippen molar-refractivity contribution >= 4 is 28.0 Å². The first-order valence-electron chi connectivity index (χ1n) is 10.6. The Morgan fingerprint density at radius 2 is 0.839 bits per heavy atom. The van der Waals surface area contributed by atoms with Crippen LogP contribution in [0, 0.1) is 0 Å². The zero-order chi connectivity index (χ0) is 21.4. The Labute approximate surface area is 184 Å². The molecular weight excluding hydrogens is 375 g/mol. The number of hydrogen-bond donors (Lipinski definition) is 0. The van der Waals surface area contributed by atoms with Gasteiger partial charge in [-0.15, -0.1) is 0 Å². The van der Waals surface area contributed by atoms with Crippen LogP contribution < -0.4 is 21.9 Å². The van der Waals surface area contributed by atoms with Crippen molar-refractivity contribution < 1.29 is 0 Å². The van der Waals surface area contributed by atoms with Crippen molar-refractivity contribution in [1.82, 2.24) is 9.55 Å². The van der Waals surface area contributed by atoms with Crippen molar-refractivity contribution in [2.45, 2.75) is 0 Å². The molecule has 0 amide bonds. The van der Waals surface area contributed by atoms with E-state index in [9.17, 15) is 0 Å². The number of aryl methyl sites for hydroxylation is 1. The summed E-state index contributed by atoms with van der Waals surface area (Å²) in [6, 6.07) is 43.5. The molecule has 5 rings (SSSR count). The molecular formula is C28H26BN2-. The molecule has 0 aliphatic carbocycles. The fourth-order valence-electron chi connectivity index (χ4n) is 4.45. The average molecular weight is 401 g/mol. The molecule has 4 aromatic carbocycles. The highest BCUT2D eigenvalue weighted by Gasteiger charge is 2.30. The lowest BCUT2D eigenvalue weighted by Gasteiger charge is -2.44. The largest absolute Gasteiger partial charge is 0.341 e. The number of aromatic nitrogens is 2. The highest BCUT2D eigenvalue weighted by Crippen LogP contribution is 2.09. The van der Waals surface area contributed by atoms with Gasteiger partial charge in [-0.2, -0.15) is 21.9 Å². The molecule has 0 aliphatic rings. The van der Waals surface area contributed by atoms with Gasteiger partial charge in [0.25, 0.3) is 0 Å². The van der Waals surface area contributed by atoms with Crippen molar-refractivity contribution in [2.24, 2.45) is 7.05 Å². The second-order valence-corrected chi connectivity index (χ2v) is 7.74. The van der Waals surface area contributed by atoms with E-state index in [4.69, 9.17) is 0 Å². The summed E-state index contributed by atoms with van der Waals surface area (Å²) < 4.78 is 1.89. The average Bonchev–Trinajstić information content (AvgIpc) is 3.34. The van der Waals surface area contributed by atoms with Crippen LogP contribution in [0.1, 0.15) is 0 Å². The van der Waals surface area contributed by atoms with Gasteiger partial charge in [0.1, 0.15) is 6.15 Å². The zero-order valence-electron chi connectivity index (χ0n) is 17.8. The highest BCUT2D eigenvalue weighted by molar-refractivity contribution is 7.19. The van der Waals surface area contributed by atoms with E-state index >= 15 is 0 Å². The molecule has 0 saturated heterocycles. The summed E-state index contributed by atoms with van der Waals surface area (Å²) in [5.74, 6) is 0. The Balaban J connectivity index is 0.000000334. The van der Waals surface area contributed by atoms with Crippen LogP contribution in [-0.4, -0.2) is 15.7 Å². The summed E-state index contributed by atoms with van der Waals surface area (Å²) in [4.78, 5) is 3.78. The Morgan fingerprint density at radius 1 is 0.516 bits per heavy atom. The first kappa shape index (κ1) is 20.4. The first-order valence-corrected chi connectivity index (χ1v) is 10.6. The van der Waals surface area contributed by atoms with Crippen LogP contribution in [0.4, 0.5) is 0 Å². The number of imidazole rings is 1. The molecule has 31 heavy (non-hydrogen) atoms. The topological polar surface area (TPSA) is 17.8 Å². The van der Waals surface area contributed by atoms with Gasteiger partial charge in [0.05, 0.1) is 6.33 Å². The summed E-state index contributed by atoms with van der Waals surface area (Å²) in [5, 5.41) is 0. The van der Waals surface area contributed by atoms with Crippen LogP contribution >= 0.6 is 0 Å². The quantitative estimate of drug-likeness (QED) is 0.422. The van der Waals surface area contributed by atoms with Gasteiger partial charge in [0, 0.05) is 19.4 Å². The molecule has 0 fully saturated rings. The van der Waals surface area contributed by atoms with Crippen LogP contribution in [-0.2, 0) is 7.05 Å². The molecule has 0 N–H and O–H groups in total. The minimum absolute atomic E-state index is 1.22. The smallest absolute Gasteiger partial charge is 0.108 e. The van der Waals surface area contributed by atoms with E-state index in [2.05, 4.69) is 126 Å². The molecule has 0 radical (unpaired) electrons. The SMILES string of the molecule is Cn1ccnc1.c1ccc([B-](c2ccccc2)(c2ccccc2)c2ccccc2)cc1. The third-order valence-electron chi connectivity index (χ3n) is 5.83. The van der Waals surface area contributed by atoms with Crippen LogP contribution in [0.25, 0.3) is 0 Å². The van der Waals surface area contributed by atoms with Gasteiger partial charge in [0.15, 0.2) is 0 Å². The van der Waals surface area contributed by atoms with Gasteiger partial charge in [-0.25, -0.2) is 4.98 Å². The van der Waals surface area contributed by atoms with Gasteiger partial charge >= 0.3 is 0 Å². The molecule has 0 spiro atoms. The maximum absolute atomic E-state index is 3.78. The standard InChI is InChI=1S/C24H20B.C4H6N2/c1-5-13-21(14-6-1)25(22-15-7-2-8-16-22,23-17-9-3-10-18-23)24-19-11-4-12-20-24;1-6-3-2-5-4-6/h1-20H;2-4H,1H3/q-1;. The van der Waals surface area contributed by atoms with E-state index in [0.29, 0.717) is 0 Å². The molecule has 0 bridgehead atoms. The van der Waals surface area contributed by atoms with Crippen molar-refractivity contribution in [3.63, 3.8) is 0 Å². The molecule has 152 valence electrons. The van der Waals surface area contributed by atoms with Crippen LogP contribution in [0.5, 0.6) is 0 Å². The Morgan fingerprint density at radius 3 is 1.03 bits per heavy atom. The number of rotatable bonds is 4. The van der Waals surface area contributed by atoms with Gasteiger partial charge in [-0.3, -0.25) is 0 Å². The van der Waals surface area contributed by atoms with E-state index in [-0.39, 0.29) is 0 Å². The summed E-state index contributed by atoms with van der Waals surface area (Å²) >= 11 is 0. The number of benzene rings is 4. The summed E-state index contributed by atoms with van der Waals surface area (Å²) in [6.07, 6.45) is 4.17. The Bertz CT molecular complexity index is 994. The van der Waals surface area contributed by atoms with E-state index < -0.39 is 6.15 Å². The summed E-state index contributed by atoms with van der Waals surface area (Å²) in [6.45, 7) is 0. The molecule has 1 aromatic heterocycles. The van der Waals surface area contributed by atoms with Gasteiger partial charge in [0.2, 0.25) is 0 Å². The van der Waals surface area contributed by atoms with Crippen molar-refractivity contribution in [2.75, 3.05) is 0 Å². The lowest BCUT2D eigenvalue weighted by atomic mass is 9.13. The van der Waals surface area contributed by atoms with Crippen molar-refractivity contribution in [3.05, 3.63) is 140 Å². The molecule has 0 atom stereocenters. The summed E-state index contributed by atoms with van der Waals surface area (Å²) in [5.41, 5.74) is 5.36. The van der Waals surface area contributed by atoms with Crippen LogP contribution in [0.2, 0.25) is 0 Å². The minimum atomic E-state index is -1.22. The third-order valence-corrected chi connectivity index (χ3v) is 5.83. The van der Waals surface area contributed by atoms with Gasteiger partial charge in [-0.05, 0) is 0 Å². The van der Waals surface area contributed by atoms with Crippen LogP contribution in [0.3, 0.4) is 0 Å². The number of nitrogens with zero attached hydrogens (tertiary/aromatic N) is 2. The second kappa shape index (κ2) is 9.77. The summed E-state index contributed by atoms with van der Waals surface area (Å²) in [7, 11) is 1.94. The first-order chi connectivity index (χ1) is 15.3. The maximum Gasteiger partial charge on any atom is 0.108 e. The van der Waals surface area contributed by atoms with Crippen molar-refractivity contribution in [1.29, 1.82) is 0 Å². The van der Waals surface area contributed by atoms with E-state index in [1.807, 2.05) is 17.8 Å². The van der Waals surface area contributed by atoms with Crippen LogP contribution in [0.15, 0.2) is 140 Å². The lowest BCUT2D eigenvalue weighted by Crippen LogP contribution is -2.74. The molecule has 3 heteroatoms. The van der Waals surface area contributed by atoms with E-state index in [1.54, 1.807) is 12.5 Å². The van der Waals surface area contributed by atoms with Crippen molar-refractivity contribution in [3.8, 4) is 0 Å². The second-order valence-electron chi connectivity index (χ2n) is 7.74. The fraction of sp³-hybridized carbons (Fsp3) is 0.0357. The predicted octanol–water partition coefficient (Wildman–Crippen LogP) is 3.48. The normalized spacial score (nSPS) is 10.7. The monoisotopic (exact) mass is 401 g/mol. The molecule has 0 saturated carbocycles. The fourth-order valence-corrected chi connectivity index (χ4v) is 4.45. The van der Waals surface area contributed by atoms with Gasteiger partial charge in [-0.1, -0.05) is 121 Å². The third kappa shape index (κ3) is 4.36. The molecule has 5 aromatic rings. The Kier molecular flexibility index (Phi) is 6.44. The van der Waals surface area contributed by atoms with E-state index in [1.165, 1.54) is 21.9 Å². The molecule has 2 nitrogen and oxygen atoms in total. The van der Waals surface area contributed by atoms with Gasteiger partial charge < -0.3 is 4.57 Å². The Hall–Kier alpha value is -3.85. The number of hydrogen-bond acceptors (Lipinski definition) is 1. The van der Waals surface area contributed by atoms with E-state index in [0.717, 1.165) is 0 Å². The molecule has 1 heterocycles. The minimum Gasteiger partial charge on any atom is -0.341 e. The lowest BCUT2D eigenvalue weighted by molar-refractivity contribution is 0.913. The highest BCUT2D eigenvalue weighted by atomic mass is 15.0. The maximum atomic E-state index is 3.78. The molecule has 0 aliphatic heterocycles.